The van der Waals surface area contributed by atoms with Crippen LogP contribution >= 0.6 is 0 Å². The molecule has 0 radical (unpaired) electrons. The van der Waals surface area contributed by atoms with Crippen LogP contribution in [0, 0.1) is 0 Å². The number of rotatable bonds is 2. The van der Waals surface area contributed by atoms with Crippen LogP contribution in [-0.4, -0.2) is 4.98 Å². The topological polar surface area (TPSA) is 26.0 Å². The smallest absolute Gasteiger partial charge is 0.416 e. The molecule has 0 atom stereocenters. The van der Waals surface area contributed by atoms with Gasteiger partial charge in [0.05, 0.1) is 5.56 Å². The van der Waals surface area contributed by atoms with E-state index in [1.807, 2.05) is 30.3 Å². The molecule has 0 N–H and O–H groups in total. The van der Waals surface area contributed by atoms with E-state index >= 15 is 0 Å². The lowest BCUT2D eigenvalue weighted by Crippen LogP contribution is -2.03. The Hall–Kier alpha value is -2.56. The van der Waals surface area contributed by atoms with Crippen molar-refractivity contribution in [3.05, 3.63) is 66.4 Å². The highest BCUT2D eigenvalue weighted by molar-refractivity contribution is 5.63. The Bertz CT molecular complexity index is 730. The average Bonchev–Trinajstić information content (AvgIpc) is 2.97. The van der Waals surface area contributed by atoms with Gasteiger partial charge in [-0.1, -0.05) is 30.3 Å². The number of hydrogen-bond donors (Lipinski definition) is 0. The normalized spacial score (nSPS) is 11.6. The van der Waals surface area contributed by atoms with Crippen LogP contribution < -0.4 is 0 Å². The van der Waals surface area contributed by atoms with Crippen LogP contribution in [0.3, 0.4) is 0 Å². The van der Waals surface area contributed by atoms with Crippen LogP contribution in [0.25, 0.3) is 22.7 Å². The summed E-state index contributed by atoms with van der Waals surface area (Å²) in [7, 11) is 0. The molecule has 0 spiro atoms. The highest BCUT2D eigenvalue weighted by Gasteiger charge is 2.30. The van der Waals surface area contributed by atoms with Crippen molar-refractivity contribution in [2.24, 2.45) is 0 Å². The molecule has 5 heteroatoms. The molecule has 2 nitrogen and oxygen atoms in total. The lowest BCUT2D eigenvalue weighted by atomic mass is 10.1. The minimum absolute atomic E-state index is 0.436. The highest BCUT2D eigenvalue weighted by Crippen LogP contribution is 2.31. The van der Waals surface area contributed by atoms with Crippen LogP contribution in [0.5, 0.6) is 0 Å². The predicted octanol–water partition coefficient (Wildman–Crippen LogP) is 5.03. The number of aromatic nitrogens is 1. The van der Waals surface area contributed by atoms with Crippen LogP contribution in [-0.2, 0) is 6.18 Å². The third kappa shape index (κ3) is 2.81. The maximum absolute atomic E-state index is 12.5. The summed E-state index contributed by atoms with van der Waals surface area (Å²) in [6.45, 7) is 0. The molecule has 21 heavy (non-hydrogen) atoms. The van der Waals surface area contributed by atoms with Crippen molar-refractivity contribution in [2.75, 3.05) is 0 Å². The zero-order valence-electron chi connectivity index (χ0n) is 10.8. The van der Waals surface area contributed by atoms with Gasteiger partial charge in [-0.25, -0.2) is 4.98 Å². The van der Waals surface area contributed by atoms with Crippen molar-refractivity contribution in [3.63, 3.8) is 0 Å². The molecule has 0 fully saturated rings. The second-order valence-corrected chi connectivity index (χ2v) is 4.48. The first-order valence-corrected chi connectivity index (χ1v) is 6.22. The van der Waals surface area contributed by atoms with Gasteiger partial charge >= 0.3 is 6.18 Å². The fourth-order valence-electron chi connectivity index (χ4n) is 1.95. The lowest BCUT2D eigenvalue weighted by Gasteiger charge is -2.06. The Morgan fingerprint density at radius 2 is 1.48 bits per heavy atom. The van der Waals surface area contributed by atoms with Crippen molar-refractivity contribution >= 4 is 0 Å². The highest BCUT2D eigenvalue weighted by atomic mass is 19.4. The van der Waals surface area contributed by atoms with Crippen LogP contribution in [0.4, 0.5) is 13.2 Å². The summed E-state index contributed by atoms with van der Waals surface area (Å²) < 4.78 is 42.9. The summed E-state index contributed by atoms with van der Waals surface area (Å²) in [6, 6.07) is 14.1. The zero-order valence-corrected chi connectivity index (χ0v) is 10.8. The van der Waals surface area contributed by atoms with Gasteiger partial charge in [-0.3, -0.25) is 0 Å². The molecule has 0 aliphatic heterocycles. The molecule has 0 aliphatic carbocycles. The number of alkyl halides is 3. The SMILES string of the molecule is FC(F)(F)c1ccc(-c2coc(-c3ccccc3)n2)cc1. The van der Waals surface area contributed by atoms with Crippen molar-refractivity contribution in [1.82, 2.24) is 4.98 Å². The maximum atomic E-state index is 12.5. The van der Waals surface area contributed by atoms with E-state index in [2.05, 4.69) is 4.98 Å². The molecule has 3 aromatic rings. The fourth-order valence-corrected chi connectivity index (χ4v) is 1.95. The molecule has 0 bridgehead atoms. The van der Waals surface area contributed by atoms with E-state index in [4.69, 9.17) is 4.42 Å². The van der Waals surface area contributed by atoms with Crippen LogP contribution in [0.15, 0.2) is 65.3 Å². The maximum Gasteiger partial charge on any atom is 0.416 e. The second-order valence-electron chi connectivity index (χ2n) is 4.48. The Morgan fingerprint density at radius 3 is 2.10 bits per heavy atom. The quantitative estimate of drug-likeness (QED) is 0.661. The van der Waals surface area contributed by atoms with Crippen LogP contribution in [0.2, 0.25) is 0 Å². The van der Waals surface area contributed by atoms with Crippen molar-refractivity contribution in [1.29, 1.82) is 0 Å². The monoisotopic (exact) mass is 289 g/mol. The third-order valence-corrected chi connectivity index (χ3v) is 3.03. The van der Waals surface area contributed by atoms with E-state index in [1.54, 1.807) is 0 Å². The molecule has 0 aliphatic rings. The first kappa shape index (κ1) is 13.4. The van der Waals surface area contributed by atoms with Gasteiger partial charge in [-0.05, 0) is 24.3 Å². The van der Waals surface area contributed by atoms with Gasteiger partial charge < -0.3 is 4.42 Å². The molecule has 3 rings (SSSR count). The summed E-state index contributed by atoms with van der Waals surface area (Å²) in [6.07, 6.45) is -2.90. The molecule has 0 amide bonds. The van der Waals surface area contributed by atoms with Gasteiger partial charge in [0.15, 0.2) is 0 Å². The average molecular weight is 289 g/mol. The largest absolute Gasteiger partial charge is 0.444 e. The summed E-state index contributed by atoms with van der Waals surface area (Å²) >= 11 is 0. The molecule has 2 aromatic carbocycles. The van der Waals surface area contributed by atoms with E-state index in [-0.39, 0.29) is 0 Å². The molecule has 0 unspecified atom stereocenters. The molecular weight excluding hydrogens is 279 g/mol. The van der Waals surface area contributed by atoms with E-state index < -0.39 is 11.7 Å². The fraction of sp³-hybridized carbons (Fsp3) is 0.0625. The Kier molecular flexibility index (Phi) is 3.25. The molecular formula is C16H10F3NO. The number of nitrogens with zero attached hydrogens (tertiary/aromatic N) is 1. The molecule has 106 valence electrons. The lowest BCUT2D eigenvalue weighted by molar-refractivity contribution is -0.137. The van der Waals surface area contributed by atoms with E-state index in [0.29, 0.717) is 17.1 Å². The van der Waals surface area contributed by atoms with E-state index in [9.17, 15) is 13.2 Å². The first-order chi connectivity index (χ1) is 10.0. The predicted molar refractivity (Wildman–Crippen MR) is 72.4 cm³/mol. The number of benzene rings is 2. The van der Waals surface area contributed by atoms with Crippen molar-refractivity contribution in [3.8, 4) is 22.7 Å². The minimum Gasteiger partial charge on any atom is -0.444 e. The second kappa shape index (κ2) is 5.09. The van der Waals surface area contributed by atoms with Gasteiger partial charge in [0.1, 0.15) is 12.0 Å². The number of oxazole rings is 1. The van der Waals surface area contributed by atoms with Crippen molar-refractivity contribution in [2.45, 2.75) is 6.18 Å². The Balaban J connectivity index is 1.90. The van der Waals surface area contributed by atoms with Gasteiger partial charge in [-0.2, -0.15) is 13.2 Å². The number of hydrogen-bond acceptors (Lipinski definition) is 2. The first-order valence-electron chi connectivity index (χ1n) is 6.22. The zero-order chi connectivity index (χ0) is 14.9. The molecule has 1 heterocycles. The van der Waals surface area contributed by atoms with Gasteiger partial charge in [-0.15, -0.1) is 0 Å². The van der Waals surface area contributed by atoms with Gasteiger partial charge in [0.2, 0.25) is 5.89 Å². The Morgan fingerprint density at radius 1 is 0.810 bits per heavy atom. The minimum atomic E-state index is -4.34. The van der Waals surface area contributed by atoms with Gasteiger partial charge in [0, 0.05) is 11.1 Å². The van der Waals surface area contributed by atoms with Crippen molar-refractivity contribution < 1.29 is 17.6 Å². The number of halogens is 3. The summed E-state index contributed by atoms with van der Waals surface area (Å²) in [5, 5.41) is 0. The third-order valence-electron chi connectivity index (χ3n) is 3.03. The summed E-state index contributed by atoms with van der Waals surface area (Å²) in [5.41, 5.74) is 1.21. The summed E-state index contributed by atoms with van der Waals surface area (Å²) in [5.74, 6) is 0.436. The van der Waals surface area contributed by atoms with Gasteiger partial charge in [0.25, 0.3) is 0 Å². The molecule has 0 saturated carbocycles. The van der Waals surface area contributed by atoms with E-state index in [1.165, 1.54) is 18.4 Å². The van der Waals surface area contributed by atoms with E-state index in [0.717, 1.165) is 17.7 Å². The molecule has 0 saturated heterocycles. The standard InChI is InChI=1S/C16H10F3NO/c17-16(18,19)13-8-6-11(7-9-13)14-10-21-15(20-14)12-4-2-1-3-5-12/h1-10H. The Labute approximate surface area is 118 Å². The summed E-state index contributed by atoms with van der Waals surface area (Å²) in [4.78, 5) is 4.29. The van der Waals surface area contributed by atoms with Crippen LogP contribution in [0.1, 0.15) is 5.56 Å². The molecule has 1 aromatic heterocycles.